The minimum atomic E-state index is -1.17. The smallest absolute Gasteiger partial charge is 0.415 e. The standard InChI is InChI=1S/C25H23ClN2O5/c1-28(16-18-7-3-2-4-8-18)25(32)33-19-13-11-17(12-14-19)15-22(24(30)31)27-23(29)20-9-5-6-10-21(20)26/h2-14,22H,15-16H2,1H3,(H,27,29)(H,30,31). The zero-order chi connectivity index (χ0) is 23.8. The molecule has 170 valence electrons. The molecule has 1 atom stereocenters. The molecule has 2 N–H and O–H groups in total. The number of aliphatic carboxylic acids is 1. The summed E-state index contributed by atoms with van der Waals surface area (Å²) in [5, 5.41) is 12.3. The van der Waals surface area contributed by atoms with Gasteiger partial charge in [0.2, 0.25) is 0 Å². The fourth-order valence-electron chi connectivity index (χ4n) is 3.11. The summed E-state index contributed by atoms with van der Waals surface area (Å²) in [6.45, 7) is 0.406. The van der Waals surface area contributed by atoms with E-state index in [2.05, 4.69) is 5.32 Å². The van der Waals surface area contributed by atoms with Gasteiger partial charge in [-0.2, -0.15) is 0 Å². The molecule has 1 unspecified atom stereocenters. The minimum absolute atomic E-state index is 0.0493. The molecule has 0 aliphatic carbocycles. The van der Waals surface area contributed by atoms with E-state index in [1.807, 2.05) is 30.3 Å². The Bertz CT molecular complexity index is 1120. The highest BCUT2D eigenvalue weighted by molar-refractivity contribution is 6.33. The van der Waals surface area contributed by atoms with Gasteiger partial charge in [-0.3, -0.25) is 4.79 Å². The number of rotatable bonds is 8. The van der Waals surface area contributed by atoms with Crippen molar-refractivity contribution in [2.45, 2.75) is 19.0 Å². The van der Waals surface area contributed by atoms with Crippen LogP contribution in [0.2, 0.25) is 5.02 Å². The summed E-state index contributed by atoms with van der Waals surface area (Å²) in [6, 6.07) is 21.3. The molecule has 0 aliphatic rings. The first-order valence-electron chi connectivity index (χ1n) is 10.2. The molecule has 0 bridgehead atoms. The first kappa shape index (κ1) is 23.8. The van der Waals surface area contributed by atoms with E-state index in [9.17, 15) is 19.5 Å². The summed E-state index contributed by atoms with van der Waals surface area (Å²) in [5.41, 5.74) is 1.83. The summed E-state index contributed by atoms with van der Waals surface area (Å²) in [4.78, 5) is 37.9. The van der Waals surface area contributed by atoms with Crippen molar-refractivity contribution in [2.24, 2.45) is 0 Å². The number of amides is 2. The zero-order valence-electron chi connectivity index (χ0n) is 17.9. The second-order valence-corrected chi connectivity index (χ2v) is 7.81. The van der Waals surface area contributed by atoms with Gasteiger partial charge >= 0.3 is 12.1 Å². The average molecular weight is 467 g/mol. The third-order valence-corrected chi connectivity index (χ3v) is 5.19. The Morgan fingerprint density at radius 1 is 0.939 bits per heavy atom. The molecule has 0 radical (unpaired) electrons. The van der Waals surface area contributed by atoms with Crippen LogP contribution in [0, 0.1) is 0 Å². The normalized spacial score (nSPS) is 11.3. The van der Waals surface area contributed by atoms with E-state index in [-0.39, 0.29) is 17.0 Å². The van der Waals surface area contributed by atoms with Gasteiger partial charge in [0.25, 0.3) is 5.91 Å². The molecule has 33 heavy (non-hydrogen) atoms. The Labute approximate surface area is 196 Å². The SMILES string of the molecule is CN(Cc1ccccc1)C(=O)Oc1ccc(CC(NC(=O)c2ccccc2Cl)C(=O)O)cc1. The topological polar surface area (TPSA) is 95.9 Å². The average Bonchev–Trinajstić information content (AvgIpc) is 2.80. The van der Waals surface area contributed by atoms with E-state index in [1.165, 1.54) is 11.0 Å². The van der Waals surface area contributed by atoms with Crippen LogP contribution < -0.4 is 10.1 Å². The molecule has 2 amide bonds. The van der Waals surface area contributed by atoms with Gasteiger partial charge in [-0.25, -0.2) is 9.59 Å². The highest BCUT2D eigenvalue weighted by Gasteiger charge is 2.22. The Morgan fingerprint density at radius 3 is 2.21 bits per heavy atom. The van der Waals surface area contributed by atoms with Gasteiger partial charge in [-0.15, -0.1) is 0 Å². The van der Waals surface area contributed by atoms with Crippen LogP contribution in [0.25, 0.3) is 0 Å². The van der Waals surface area contributed by atoms with Crippen LogP contribution in [-0.2, 0) is 17.8 Å². The molecule has 0 saturated carbocycles. The molecule has 0 spiro atoms. The molecule has 0 aliphatic heterocycles. The van der Waals surface area contributed by atoms with Crippen LogP contribution in [0.3, 0.4) is 0 Å². The number of halogens is 1. The first-order chi connectivity index (χ1) is 15.8. The van der Waals surface area contributed by atoms with Gasteiger partial charge in [-0.1, -0.05) is 66.2 Å². The summed E-state index contributed by atoms with van der Waals surface area (Å²) in [7, 11) is 1.64. The number of nitrogens with zero attached hydrogens (tertiary/aromatic N) is 1. The largest absolute Gasteiger partial charge is 0.480 e. The van der Waals surface area contributed by atoms with Crippen LogP contribution in [-0.4, -0.2) is 41.1 Å². The van der Waals surface area contributed by atoms with E-state index in [0.29, 0.717) is 17.9 Å². The van der Waals surface area contributed by atoms with Gasteiger partial charge in [0, 0.05) is 20.0 Å². The number of carboxylic acids is 1. The van der Waals surface area contributed by atoms with Crippen LogP contribution in [0.5, 0.6) is 5.75 Å². The Morgan fingerprint density at radius 2 is 1.58 bits per heavy atom. The zero-order valence-corrected chi connectivity index (χ0v) is 18.7. The molecular formula is C25H23ClN2O5. The lowest BCUT2D eigenvalue weighted by atomic mass is 10.1. The van der Waals surface area contributed by atoms with Gasteiger partial charge in [0.05, 0.1) is 10.6 Å². The molecule has 3 aromatic rings. The minimum Gasteiger partial charge on any atom is -0.480 e. The Kier molecular flexibility index (Phi) is 8.05. The number of hydrogen-bond donors (Lipinski definition) is 2. The monoisotopic (exact) mass is 466 g/mol. The molecule has 0 aromatic heterocycles. The predicted octanol–water partition coefficient (Wildman–Crippen LogP) is 4.40. The lowest BCUT2D eigenvalue weighted by Crippen LogP contribution is -2.42. The van der Waals surface area contributed by atoms with Crippen molar-refractivity contribution in [3.05, 3.63) is 101 Å². The van der Waals surface area contributed by atoms with E-state index in [1.54, 1.807) is 49.5 Å². The molecule has 3 aromatic carbocycles. The van der Waals surface area contributed by atoms with Crippen LogP contribution in [0.4, 0.5) is 4.79 Å². The molecule has 7 nitrogen and oxygen atoms in total. The van der Waals surface area contributed by atoms with Gasteiger partial charge in [0.15, 0.2) is 0 Å². The maximum Gasteiger partial charge on any atom is 0.415 e. The third-order valence-electron chi connectivity index (χ3n) is 4.86. The summed E-state index contributed by atoms with van der Waals surface area (Å²) in [5.74, 6) is -1.41. The number of carbonyl (C=O) groups is 3. The Balaban J connectivity index is 1.58. The lowest BCUT2D eigenvalue weighted by Gasteiger charge is -2.17. The van der Waals surface area contributed by atoms with Crippen molar-refractivity contribution in [2.75, 3.05) is 7.05 Å². The van der Waals surface area contributed by atoms with E-state index >= 15 is 0 Å². The quantitative estimate of drug-likeness (QED) is 0.513. The van der Waals surface area contributed by atoms with Crippen molar-refractivity contribution < 1.29 is 24.2 Å². The third kappa shape index (κ3) is 6.82. The number of carbonyl (C=O) groups excluding carboxylic acids is 2. The first-order valence-corrected chi connectivity index (χ1v) is 10.6. The number of benzene rings is 3. The highest BCUT2D eigenvalue weighted by atomic mass is 35.5. The summed E-state index contributed by atoms with van der Waals surface area (Å²) >= 11 is 6.02. The fourth-order valence-corrected chi connectivity index (χ4v) is 3.33. The van der Waals surface area contributed by atoms with Crippen LogP contribution in [0.15, 0.2) is 78.9 Å². The van der Waals surface area contributed by atoms with Crippen molar-refractivity contribution in [3.8, 4) is 5.75 Å². The second-order valence-electron chi connectivity index (χ2n) is 7.40. The van der Waals surface area contributed by atoms with Gasteiger partial charge in [-0.05, 0) is 35.4 Å². The summed E-state index contributed by atoms with van der Waals surface area (Å²) < 4.78 is 5.38. The molecule has 8 heteroatoms. The molecule has 3 rings (SSSR count). The Hall–Kier alpha value is -3.84. The number of hydrogen-bond acceptors (Lipinski definition) is 4. The predicted molar refractivity (Wildman–Crippen MR) is 124 cm³/mol. The lowest BCUT2D eigenvalue weighted by molar-refractivity contribution is -0.139. The van der Waals surface area contributed by atoms with E-state index < -0.39 is 24.0 Å². The van der Waals surface area contributed by atoms with Crippen molar-refractivity contribution in [3.63, 3.8) is 0 Å². The van der Waals surface area contributed by atoms with Gasteiger partial charge < -0.3 is 20.1 Å². The number of nitrogens with one attached hydrogen (secondary N) is 1. The second kappa shape index (κ2) is 11.2. The van der Waals surface area contributed by atoms with E-state index in [4.69, 9.17) is 16.3 Å². The van der Waals surface area contributed by atoms with Crippen molar-refractivity contribution in [1.82, 2.24) is 10.2 Å². The fraction of sp³-hybridized carbons (Fsp3) is 0.160. The molecule has 0 fully saturated rings. The van der Waals surface area contributed by atoms with Crippen LogP contribution in [0.1, 0.15) is 21.5 Å². The molecular weight excluding hydrogens is 444 g/mol. The number of carboxylic acid groups (broad SMARTS) is 1. The maximum atomic E-state index is 12.4. The molecule has 0 saturated heterocycles. The van der Waals surface area contributed by atoms with Gasteiger partial charge in [0.1, 0.15) is 11.8 Å². The van der Waals surface area contributed by atoms with Crippen molar-refractivity contribution in [1.29, 1.82) is 0 Å². The number of ether oxygens (including phenoxy) is 1. The van der Waals surface area contributed by atoms with Crippen molar-refractivity contribution >= 4 is 29.6 Å². The van der Waals surface area contributed by atoms with Crippen LogP contribution >= 0.6 is 11.6 Å². The maximum absolute atomic E-state index is 12.4. The van der Waals surface area contributed by atoms with E-state index in [0.717, 1.165) is 5.56 Å². The summed E-state index contributed by atoms with van der Waals surface area (Å²) in [6.07, 6.45) is -0.463. The highest BCUT2D eigenvalue weighted by Crippen LogP contribution is 2.17. The molecule has 0 heterocycles.